The summed E-state index contributed by atoms with van der Waals surface area (Å²) in [7, 11) is 0. The van der Waals surface area contributed by atoms with Crippen LogP contribution in [0.15, 0.2) is 91.3 Å². The number of nitrogens with zero attached hydrogens (tertiary/aromatic N) is 3. The minimum Gasteiger partial charge on any atom is -0.352 e. The van der Waals surface area contributed by atoms with Gasteiger partial charge in [0.05, 0.1) is 17.3 Å². The lowest BCUT2D eigenvalue weighted by molar-refractivity contribution is -0.137. The molecule has 2 spiro atoms. The Balaban J connectivity index is 0.758. The highest BCUT2D eigenvalue weighted by molar-refractivity contribution is 6.31. The van der Waals surface area contributed by atoms with E-state index in [4.69, 9.17) is 23.2 Å². The molecule has 2 saturated heterocycles. The van der Waals surface area contributed by atoms with Crippen LogP contribution in [0.3, 0.4) is 0 Å². The van der Waals surface area contributed by atoms with Crippen LogP contribution in [0, 0.1) is 5.82 Å². The molecule has 4 aromatic carbocycles. The van der Waals surface area contributed by atoms with Gasteiger partial charge in [0, 0.05) is 71.2 Å². The molecule has 6 amide bonds. The van der Waals surface area contributed by atoms with Gasteiger partial charge in [-0.2, -0.15) is 5.10 Å². The molecule has 5 aromatic rings. The number of rotatable bonds is 12. The summed E-state index contributed by atoms with van der Waals surface area (Å²) < 4.78 is 18.1. The average Bonchev–Trinajstić information content (AvgIpc) is 4.08. The maximum absolute atomic E-state index is 16.3. The fourth-order valence-corrected chi connectivity index (χ4v) is 11.9. The van der Waals surface area contributed by atoms with E-state index in [1.165, 1.54) is 6.07 Å². The third kappa shape index (κ3) is 7.93. The quantitative estimate of drug-likeness (QED) is 0.0656. The molecule has 0 radical (unpaired) electrons. The van der Waals surface area contributed by atoms with Gasteiger partial charge in [-0.1, -0.05) is 72.8 Å². The molecule has 1 aliphatic carbocycles. The van der Waals surface area contributed by atoms with Crippen molar-refractivity contribution in [1.82, 2.24) is 30.6 Å². The fourth-order valence-electron chi connectivity index (χ4n) is 11.5. The van der Waals surface area contributed by atoms with Crippen LogP contribution in [0.1, 0.15) is 106 Å². The van der Waals surface area contributed by atoms with Crippen molar-refractivity contribution in [2.75, 3.05) is 17.2 Å². The van der Waals surface area contributed by atoms with Crippen molar-refractivity contribution in [1.29, 1.82) is 0 Å². The first-order chi connectivity index (χ1) is 32.9. The number of hydrogen-bond acceptors (Lipinski definition) is 8. The zero-order valence-corrected chi connectivity index (χ0v) is 38.5. The number of aryl methyl sites for hydroxylation is 3. The molecule has 5 aliphatic rings. The van der Waals surface area contributed by atoms with Crippen LogP contribution in [0.2, 0.25) is 10.0 Å². The number of amides is 6. The largest absolute Gasteiger partial charge is 0.352 e. The monoisotopic (exact) mass is 958 g/mol. The van der Waals surface area contributed by atoms with E-state index in [0.717, 1.165) is 36.0 Å². The second-order valence-electron chi connectivity index (χ2n) is 18.5. The van der Waals surface area contributed by atoms with Gasteiger partial charge in [0.2, 0.25) is 23.6 Å². The van der Waals surface area contributed by atoms with Crippen molar-refractivity contribution in [3.63, 3.8) is 0 Å². The van der Waals surface area contributed by atoms with Gasteiger partial charge in [-0.25, -0.2) is 4.39 Å². The van der Waals surface area contributed by atoms with E-state index in [0.29, 0.717) is 91.2 Å². The van der Waals surface area contributed by atoms with E-state index in [9.17, 15) is 28.8 Å². The predicted octanol–water partition coefficient (Wildman–Crippen LogP) is 6.98. The van der Waals surface area contributed by atoms with Gasteiger partial charge < -0.3 is 20.9 Å². The molecule has 1 unspecified atom stereocenters. The average molecular weight is 960 g/mol. The number of halogens is 3. The normalized spacial score (nSPS) is 22.6. The Labute approximate surface area is 401 Å². The van der Waals surface area contributed by atoms with Gasteiger partial charge in [-0.3, -0.25) is 44.1 Å². The first kappa shape index (κ1) is 45.4. The molecule has 1 aromatic heterocycles. The summed E-state index contributed by atoms with van der Waals surface area (Å²) in [5.74, 6) is -3.67. The van der Waals surface area contributed by atoms with Gasteiger partial charge in [0.15, 0.2) is 0 Å². The Hall–Kier alpha value is -6.42. The molecule has 5 heterocycles. The van der Waals surface area contributed by atoms with Crippen LogP contribution < -0.4 is 26.6 Å². The summed E-state index contributed by atoms with van der Waals surface area (Å²) in [6.45, 7) is 1.29. The number of nitrogens with one attached hydrogen (secondary N) is 5. The minimum atomic E-state index is -1.36. The molecule has 5 N–H and O–H groups in total. The van der Waals surface area contributed by atoms with Gasteiger partial charge in [0.1, 0.15) is 17.3 Å². The first-order valence-corrected chi connectivity index (χ1v) is 23.9. The molecule has 3 fully saturated rings. The molecule has 1 saturated carbocycles. The topological polar surface area (TPSA) is 184 Å². The molecule has 17 heteroatoms. The van der Waals surface area contributed by atoms with E-state index in [-0.39, 0.29) is 40.6 Å². The van der Waals surface area contributed by atoms with E-state index >= 15 is 4.39 Å². The maximum Gasteiger partial charge on any atom is 0.255 e. The third-order valence-corrected chi connectivity index (χ3v) is 15.1. The molecule has 10 rings (SSSR count). The molecule has 0 bridgehead atoms. The molecular formula is C51H49Cl2FN8O6. The number of carbonyl (C=O) groups is 6. The summed E-state index contributed by atoms with van der Waals surface area (Å²) in [6.07, 6.45) is 10.1. The summed E-state index contributed by atoms with van der Waals surface area (Å²) >= 11 is 12.8. The maximum atomic E-state index is 16.3. The molecule has 350 valence electrons. The highest BCUT2D eigenvalue weighted by Gasteiger charge is 2.72. The summed E-state index contributed by atoms with van der Waals surface area (Å²) in [5.41, 5.74) is 3.50. The zero-order chi connectivity index (χ0) is 47.3. The predicted molar refractivity (Wildman–Crippen MR) is 253 cm³/mol. The van der Waals surface area contributed by atoms with Crippen LogP contribution in [0.5, 0.6) is 0 Å². The molecular weight excluding hydrogens is 911 g/mol. The fraction of sp³-hybridized carbons (Fsp3) is 0.353. The number of imide groups is 1. The van der Waals surface area contributed by atoms with Crippen molar-refractivity contribution < 1.29 is 33.2 Å². The van der Waals surface area contributed by atoms with E-state index in [2.05, 4.69) is 31.7 Å². The summed E-state index contributed by atoms with van der Waals surface area (Å²) in [6, 6.07) is 20.4. The van der Waals surface area contributed by atoms with Crippen molar-refractivity contribution in [2.45, 2.75) is 106 Å². The lowest BCUT2D eigenvalue weighted by atomic mass is 9.55. The Kier molecular flexibility index (Phi) is 12.2. The van der Waals surface area contributed by atoms with Crippen LogP contribution >= 0.6 is 23.2 Å². The second kappa shape index (κ2) is 18.2. The first-order valence-electron chi connectivity index (χ1n) is 23.2. The number of anilines is 2. The summed E-state index contributed by atoms with van der Waals surface area (Å²) in [4.78, 5) is 81.4. The van der Waals surface area contributed by atoms with Crippen molar-refractivity contribution >= 4 is 70.0 Å². The third-order valence-electron chi connectivity index (χ3n) is 14.6. The number of hydrogen-bond donors (Lipinski definition) is 5. The molecule has 68 heavy (non-hydrogen) atoms. The summed E-state index contributed by atoms with van der Waals surface area (Å²) in [5, 5.41) is 19.8. The number of carbonyl (C=O) groups excluding carboxylic acids is 6. The lowest BCUT2D eigenvalue weighted by Crippen LogP contribution is -2.60. The van der Waals surface area contributed by atoms with Crippen LogP contribution in [0.25, 0.3) is 0 Å². The number of aromatic nitrogens is 2. The van der Waals surface area contributed by atoms with Crippen molar-refractivity contribution in [2.24, 2.45) is 0 Å². The lowest BCUT2D eigenvalue weighted by Gasteiger charge is -2.47. The number of benzene rings is 4. The van der Waals surface area contributed by atoms with Crippen molar-refractivity contribution in [3.8, 4) is 0 Å². The highest BCUT2D eigenvalue weighted by Crippen LogP contribution is 2.63. The van der Waals surface area contributed by atoms with Gasteiger partial charge >= 0.3 is 0 Å². The Morgan fingerprint density at radius 1 is 0.912 bits per heavy atom. The van der Waals surface area contributed by atoms with Crippen molar-refractivity contribution in [3.05, 3.63) is 146 Å². The van der Waals surface area contributed by atoms with E-state index in [1.54, 1.807) is 59.5 Å². The Morgan fingerprint density at radius 2 is 1.71 bits per heavy atom. The van der Waals surface area contributed by atoms with Crippen LogP contribution in [-0.2, 0) is 50.5 Å². The molecule has 4 atom stereocenters. The van der Waals surface area contributed by atoms with Gasteiger partial charge in [-0.05, 0) is 115 Å². The highest BCUT2D eigenvalue weighted by atomic mass is 35.5. The second-order valence-corrected chi connectivity index (χ2v) is 19.3. The Morgan fingerprint density at radius 3 is 2.50 bits per heavy atom. The number of piperidine rings is 1. The van der Waals surface area contributed by atoms with Crippen LogP contribution in [-0.4, -0.2) is 74.3 Å². The SMILES string of the molecule is O=C1CCC(N2Cc3c(CCc4cnn(CCCNC(=O)c5ccc(NC(=O)[C@@H]6NC7(CCCCC7)[C@@]7(C(=O)Nc8cc(Cl)ccc87)[C@H]6c6cccc(Cl)c6F)cc5)c4)cccc3C2=O)C(=O)N1. The number of fused-ring (bicyclic) bond motifs is 4. The minimum absolute atomic E-state index is 0.108. The van der Waals surface area contributed by atoms with Gasteiger partial charge in [0.25, 0.3) is 11.8 Å². The molecule has 14 nitrogen and oxygen atoms in total. The smallest absolute Gasteiger partial charge is 0.255 e. The van der Waals surface area contributed by atoms with E-state index < -0.39 is 46.6 Å². The van der Waals surface area contributed by atoms with E-state index in [1.807, 2.05) is 35.3 Å². The molecule has 4 aliphatic heterocycles. The van der Waals surface area contributed by atoms with Crippen LogP contribution in [0.4, 0.5) is 15.8 Å². The zero-order valence-electron chi connectivity index (χ0n) is 37.0. The standard InChI is InChI=1S/C51H49Cl2FN8O6/c52-32-15-18-37-39(25-32)58-49(68)51(37)42(35-9-5-10-38(53)43(35)54)44(60-50(51)21-2-1-3-22-50)47(66)57-33-16-13-31(14-17-33)45(64)55-23-6-24-61-27-29(26-56-61)11-12-30-7-4-8-34-36(30)28-62(48(34)67)40-19-20-41(63)59-46(40)65/h4-5,7-10,13-18,25-27,40,42,44,60H,1-3,6,11-12,19-24,28H2,(H,55,64)(H,57,66)(H,58,68)(H,59,63,65)/t40?,42-,44+,51+/m0/s1. The van der Waals surface area contributed by atoms with Gasteiger partial charge in [-0.15, -0.1) is 0 Å². The Bertz CT molecular complexity index is 2880.